The Labute approximate surface area is 108 Å². The first kappa shape index (κ1) is 14.4. The summed E-state index contributed by atoms with van der Waals surface area (Å²) < 4.78 is 69.6. The topological polar surface area (TPSA) is 9.23 Å². The fraction of sp³-hybridized carbons (Fsp3) is 0.500. The third kappa shape index (κ3) is 3.75. The molecule has 1 aromatic rings. The molecule has 0 amide bonds. The summed E-state index contributed by atoms with van der Waals surface area (Å²) in [5.41, 5.74) is 0. The molecule has 0 saturated heterocycles. The van der Waals surface area contributed by atoms with E-state index in [-0.39, 0.29) is 0 Å². The van der Waals surface area contributed by atoms with E-state index in [2.05, 4.69) is 0 Å². The van der Waals surface area contributed by atoms with Crippen molar-refractivity contribution in [2.24, 2.45) is 0 Å². The minimum absolute atomic E-state index is 0.389. The van der Waals surface area contributed by atoms with Gasteiger partial charge < -0.3 is 4.74 Å². The maximum absolute atomic E-state index is 12.9. The molecule has 0 spiro atoms. The number of para-hydroxylation sites is 1. The maximum Gasteiger partial charge on any atom is 0.313 e. The van der Waals surface area contributed by atoms with Gasteiger partial charge in [0.2, 0.25) is 0 Å². The molecule has 0 atom stereocenters. The smallest absolute Gasteiger partial charge is 0.313 e. The second-order valence-electron chi connectivity index (χ2n) is 4.79. The van der Waals surface area contributed by atoms with Gasteiger partial charge in [-0.25, -0.2) is 0 Å². The molecule has 1 saturated carbocycles. The third-order valence-electron chi connectivity index (χ3n) is 3.11. The van der Waals surface area contributed by atoms with E-state index in [1.54, 1.807) is 0 Å². The molecule has 1 fully saturated rings. The predicted octanol–water partition coefficient (Wildman–Crippen LogP) is 6.06. The molecule has 110 valence electrons. The lowest BCUT2D eigenvalue weighted by Gasteiger charge is -2.41. The second-order valence-corrected chi connectivity index (χ2v) is 7.17. The van der Waals surface area contributed by atoms with Gasteiger partial charge in [-0.3, -0.25) is 0 Å². The average Bonchev–Trinajstić information content (AvgIpc) is 2.28. The molecule has 1 aliphatic rings. The molecule has 0 N–H and O–H groups in total. The van der Waals surface area contributed by atoms with Crippen molar-refractivity contribution in [1.29, 1.82) is 0 Å². The zero-order valence-electron chi connectivity index (χ0n) is 10.1. The number of halogens is 5. The lowest BCUT2D eigenvalue weighted by Crippen LogP contribution is -2.21. The van der Waals surface area contributed by atoms with Gasteiger partial charge in [0, 0.05) is 0 Å². The average molecular weight is 302 g/mol. The summed E-state index contributed by atoms with van der Waals surface area (Å²) in [5, 5.41) is 0. The van der Waals surface area contributed by atoms with Crippen LogP contribution in [0.5, 0.6) is 5.75 Å². The van der Waals surface area contributed by atoms with E-state index in [9.17, 15) is 19.4 Å². The largest absolute Gasteiger partial charge is 0.489 e. The molecule has 0 bridgehead atoms. The molecule has 0 aromatic heterocycles. The summed E-state index contributed by atoms with van der Waals surface area (Å²) in [7, 11) is -9.70. The van der Waals surface area contributed by atoms with E-state index in [1.165, 1.54) is 6.07 Å². The van der Waals surface area contributed by atoms with E-state index < -0.39 is 27.0 Å². The van der Waals surface area contributed by atoms with Crippen LogP contribution in [0.25, 0.3) is 0 Å². The van der Waals surface area contributed by atoms with Gasteiger partial charge >= 0.3 is 10.2 Å². The molecule has 0 radical (unpaired) electrons. The number of ether oxygens (including phenoxy) is 1. The lowest BCUT2D eigenvalue weighted by molar-refractivity contribution is 0.149. The molecular formula is C12H15F5OS. The lowest BCUT2D eigenvalue weighted by atomic mass is 9.98. The first-order valence-electron chi connectivity index (χ1n) is 6.06. The van der Waals surface area contributed by atoms with Gasteiger partial charge in [-0.05, 0) is 37.8 Å². The Kier molecular flexibility index (Phi) is 3.04. The van der Waals surface area contributed by atoms with Crippen molar-refractivity contribution in [3.8, 4) is 5.75 Å². The summed E-state index contributed by atoms with van der Waals surface area (Å²) in [4.78, 5) is -1.92. The number of benzene rings is 1. The van der Waals surface area contributed by atoms with Gasteiger partial charge in [0.1, 0.15) is 10.6 Å². The molecule has 1 aromatic carbocycles. The first-order valence-corrected chi connectivity index (χ1v) is 8.01. The molecule has 0 aliphatic heterocycles. The third-order valence-corrected chi connectivity index (χ3v) is 4.28. The summed E-state index contributed by atoms with van der Waals surface area (Å²) in [5.74, 6) is -0.756. The Hall–Kier alpha value is -0.980. The Morgan fingerprint density at radius 2 is 1.47 bits per heavy atom. The Bertz CT molecular complexity index is 464. The van der Waals surface area contributed by atoms with Gasteiger partial charge in [0.05, 0.1) is 6.10 Å². The molecule has 7 heteroatoms. The van der Waals surface area contributed by atoms with Gasteiger partial charge in [-0.1, -0.05) is 38.0 Å². The number of rotatable bonds is 3. The van der Waals surface area contributed by atoms with Crippen LogP contribution in [0.3, 0.4) is 0 Å². The Morgan fingerprint density at radius 1 is 0.895 bits per heavy atom. The second kappa shape index (κ2) is 4.01. The minimum atomic E-state index is -9.70. The van der Waals surface area contributed by atoms with Crippen LogP contribution in [-0.4, -0.2) is 6.10 Å². The van der Waals surface area contributed by atoms with Crippen LogP contribution < -0.4 is 4.74 Å². The van der Waals surface area contributed by atoms with Crippen molar-refractivity contribution >= 4 is 10.2 Å². The van der Waals surface area contributed by atoms with Crippen LogP contribution in [0, 0.1) is 0 Å². The van der Waals surface area contributed by atoms with Crippen molar-refractivity contribution in [3.05, 3.63) is 24.3 Å². The van der Waals surface area contributed by atoms with Crippen molar-refractivity contribution in [3.63, 3.8) is 0 Å². The highest BCUT2D eigenvalue weighted by Gasteiger charge is 2.67. The van der Waals surface area contributed by atoms with Crippen molar-refractivity contribution in [2.75, 3.05) is 0 Å². The monoisotopic (exact) mass is 302 g/mol. The van der Waals surface area contributed by atoms with Crippen LogP contribution in [-0.2, 0) is 0 Å². The highest BCUT2D eigenvalue weighted by Crippen LogP contribution is 3.03. The molecule has 19 heavy (non-hydrogen) atoms. The summed E-state index contributed by atoms with van der Waals surface area (Å²) in [6.07, 6.45) is 3.51. The van der Waals surface area contributed by atoms with Crippen molar-refractivity contribution in [2.45, 2.75) is 43.1 Å². The normalized spacial score (nSPS) is 21.5. The van der Waals surface area contributed by atoms with Crippen LogP contribution in [0.1, 0.15) is 32.1 Å². The SMILES string of the molecule is FS(F)(F)(F)(F)c1ccccc1OC1CCCCC1. The highest BCUT2D eigenvalue weighted by atomic mass is 32.5. The van der Waals surface area contributed by atoms with Gasteiger partial charge in [0.25, 0.3) is 0 Å². The molecular weight excluding hydrogens is 287 g/mol. The minimum Gasteiger partial charge on any atom is -0.489 e. The summed E-state index contributed by atoms with van der Waals surface area (Å²) in [6.45, 7) is 0. The van der Waals surface area contributed by atoms with E-state index >= 15 is 0 Å². The standard InChI is InChI=1S/C12H15F5OS/c13-19(14,15,16,17)12-9-5-4-8-11(12)18-10-6-2-1-3-7-10/h4-5,8-10H,1-3,6-7H2. The molecule has 0 heterocycles. The van der Waals surface area contributed by atoms with E-state index in [0.717, 1.165) is 31.4 Å². The van der Waals surface area contributed by atoms with Crippen LogP contribution in [0.15, 0.2) is 29.2 Å². The number of hydrogen-bond acceptors (Lipinski definition) is 1. The summed E-state index contributed by atoms with van der Waals surface area (Å²) >= 11 is 0. The van der Waals surface area contributed by atoms with E-state index in [1.807, 2.05) is 0 Å². The highest BCUT2D eigenvalue weighted by molar-refractivity contribution is 8.45. The van der Waals surface area contributed by atoms with Crippen molar-refractivity contribution < 1.29 is 24.2 Å². The van der Waals surface area contributed by atoms with Gasteiger partial charge in [-0.15, -0.1) is 0 Å². The van der Waals surface area contributed by atoms with Crippen molar-refractivity contribution in [1.82, 2.24) is 0 Å². The molecule has 0 unspecified atom stereocenters. The van der Waals surface area contributed by atoms with Crippen LogP contribution >= 0.6 is 10.2 Å². The summed E-state index contributed by atoms with van der Waals surface area (Å²) in [6, 6.07) is 3.56. The maximum atomic E-state index is 12.9. The van der Waals surface area contributed by atoms with E-state index in [4.69, 9.17) is 4.74 Å². The molecule has 2 rings (SSSR count). The first-order chi connectivity index (χ1) is 8.56. The quantitative estimate of drug-likeness (QED) is 0.617. The van der Waals surface area contributed by atoms with Gasteiger partial charge in [-0.2, -0.15) is 0 Å². The fourth-order valence-corrected chi connectivity index (χ4v) is 3.06. The molecule has 1 nitrogen and oxygen atoms in total. The van der Waals surface area contributed by atoms with Crippen LogP contribution in [0.4, 0.5) is 19.4 Å². The predicted molar refractivity (Wildman–Crippen MR) is 65.3 cm³/mol. The Morgan fingerprint density at radius 3 is 2.05 bits per heavy atom. The number of hydrogen-bond donors (Lipinski definition) is 0. The zero-order chi connectivity index (χ0) is 14.2. The zero-order valence-corrected chi connectivity index (χ0v) is 10.9. The fourth-order valence-electron chi connectivity index (χ4n) is 2.23. The van der Waals surface area contributed by atoms with Crippen LogP contribution in [0.2, 0.25) is 0 Å². The van der Waals surface area contributed by atoms with E-state index in [0.29, 0.717) is 18.9 Å². The van der Waals surface area contributed by atoms with Gasteiger partial charge in [0.15, 0.2) is 0 Å². The molecule has 1 aliphatic carbocycles. The Balaban J connectivity index is 2.32.